The minimum absolute atomic E-state index is 0.443. The van der Waals surface area contributed by atoms with E-state index in [4.69, 9.17) is 11.6 Å². The first-order chi connectivity index (χ1) is 8.39. The molecule has 1 fully saturated rings. The molecule has 1 aromatic carbocycles. The van der Waals surface area contributed by atoms with Crippen LogP contribution in [0.25, 0.3) is 0 Å². The van der Waals surface area contributed by atoms with Gasteiger partial charge < -0.3 is 5.11 Å². The van der Waals surface area contributed by atoms with Gasteiger partial charge in [-0.25, -0.2) is 0 Å². The topological polar surface area (TPSA) is 20.2 Å². The monoisotopic (exact) mass is 266 g/mol. The van der Waals surface area contributed by atoms with E-state index in [1.807, 2.05) is 12.1 Å². The number of halogens is 1. The van der Waals surface area contributed by atoms with Crippen LogP contribution in [0.2, 0.25) is 5.02 Å². The quantitative estimate of drug-likeness (QED) is 0.792. The molecule has 1 saturated carbocycles. The van der Waals surface area contributed by atoms with Crippen LogP contribution in [-0.2, 0) is 0 Å². The third-order valence-electron chi connectivity index (χ3n) is 4.29. The maximum atomic E-state index is 9.56. The predicted molar refractivity (Wildman–Crippen MR) is 77.1 cm³/mol. The highest BCUT2D eigenvalue weighted by molar-refractivity contribution is 6.31. The number of benzene rings is 1. The highest BCUT2D eigenvalue weighted by Gasteiger charge is 2.28. The Morgan fingerprint density at radius 1 is 1.28 bits per heavy atom. The van der Waals surface area contributed by atoms with E-state index in [1.165, 1.54) is 31.2 Å². The molecule has 1 aliphatic rings. The fourth-order valence-corrected chi connectivity index (χ4v) is 3.19. The van der Waals surface area contributed by atoms with Gasteiger partial charge in [0.2, 0.25) is 0 Å². The van der Waals surface area contributed by atoms with Crippen LogP contribution in [0.4, 0.5) is 0 Å². The summed E-state index contributed by atoms with van der Waals surface area (Å²) in [7, 11) is 0. The average Bonchev–Trinajstić information content (AvgIpc) is 2.29. The van der Waals surface area contributed by atoms with E-state index in [2.05, 4.69) is 19.9 Å². The van der Waals surface area contributed by atoms with Crippen molar-refractivity contribution >= 4 is 11.6 Å². The van der Waals surface area contributed by atoms with Gasteiger partial charge in [0.15, 0.2) is 0 Å². The molecule has 0 heterocycles. The molecule has 2 heteroatoms. The Kier molecular flexibility index (Phi) is 4.03. The Bertz CT molecular complexity index is 413. The van der Waals surface area contributed by atoms with E-state index in [-0.39, 0.29) is 0 Å². The van der Waals surface area contributed by atoms with E-state index >= 15 is 0 Å². The first kappa shape index (κ1) is 13.9. The lowest BCUT2D eigenvalue weighted by molar-refractivity contribution is 0.199. The summed E-state index contributed by atoms with van der Waals surface area (Å²) in [4.78, 5) is 0. The molecule has 1 aliphatic carbocycles. The van der Waals surface area contributed by atoms with E-state index in [1.54, 1.807) is 6.92 Å². The Balaban J connectivity index is 2.15. The Morgan fingerprint density at radius 2 is 1.89 bits per heavy atom. The lowest BCUT2D eigenvalue weighted by Gasteiger charge is -2.34. The Morgan fingerprint density at radius 3 is 2.39 bits per heavy atom. The fraction of sp³-hybridized carbons (Fsp3) is 0.625. The van der Waals surface area contributed by atoms with Crippen LogP contribution in [0.1, 0.15) is 69.6 Å². The molecular formula is C16H23ClO. The second-order valence-electron chi connectivity index (χ2n) is 6.40. The molecule has 0 radical (unpaired) electrons. The van der Waals surface area contributed by atoms with Crippen molar-refractivity contribution in [1.29, 1.82) is 0 Å². The molecule has 18 heavy (non-hydrogen) atoms. The molecule has 2 rings (SSSR count). The molecule has 1 atom stereocenters. The van der Waals surface area contributed by atoms with Gasteiger partial charge in [-0.15, -0.1) is 0 Å². The summed E-state index contributed by atoms with van der Waals surface area (Å²) in [6.07, 6.45) is 4.54. The Labute approximate surface area is 115 Å². The zero-order valence-electron chi connectivity index (χ0n) is 11.5. The summed E-state index contributed by atoms with van der Waals surface area (Å²) in [5.74, 6) is 0.591. The summed E-state index contributed by atoms with van der Waals surface area (Å²) in [6, 6.07) is 6.03. The van der Waals surface area contributed by atoms with Crippen molar-refractivity contribution < 1.29 is 5.11 Å². The third-order valence-corrected chi connectivity index (χ3v) is 4.61. The number of hydrogen-bond donors (Lipinski definition) is 1. The molecule has 100 valence electrons. The summed E-state index contributed by atoms with van der Waals surface area (Å²) in [6.45, 7) is 6.47. The van der Waals surface area contributed by atoms with Gasteiger partial charge in [-0.05, 0) is 61.1 Å². The largest absolute Gasteiger partial charge is 0.389 e. The molecule has 0 saturated heterocycles. The van der Waals surface area contributed by atoms with Crippen LogP contribution in [-0.4, -0.2) is 5.11 Å². The molecule has 0 amide bonds. The lowest BCUT2D eigenvalue weighted by atomic mass is 9.71. The van der Waals surface area contributed by atoms with Crippen molar-refractivity contribution in [2.75, 3.05) is 0 Å². The van der Waals surface area contributed by atoms with E-state index in [9.17, 15) is 5.11 Å². The van der Waals surface area contributed by atoms with Crippen molar-refractivity contribution in [3.63, 3.8) is 0 Å². The maximum Gasteiger partial charge on any atom is 0.0762 e. The summed E-state index contributed by atoms with van der Waals surface area (Å²) in [5.41, 5.74) is 2.65. The van der Waals surface area contributed by atoms with Gasteiger partial charge in [-0.1, -0.05) is 37.6 Å². The molecule has 0 aromatic heterocycles. The number of aliphatic hydroxyl groups is 1. The van der Waals surface area contributed by atoms with E-state index in [0.717, 1.165) is 10.6 Å². The second-order valence-corrected chi connectivity index (χ2v) is 6.80. The number of rotatable bonds is 2. The molecule has 0 bridgehead atoms. The second kappa shape index (κ2) is 5.22. The summed E-state index contributed by atoms with van der Waals surface area (Å²) in [5, 5.41) is 10.4. The highest BCUT2D eigenvalue weighted by Crippen LogP contribution is 2.44. The van der Waals surface area contributed by atoms with Gasteiger partial charge in [0, 0.05) is 5.02 Å². The van der Waals surface area contributed by atoms with Crippen LogP contribution >= 0.6 is 11.6 Å². The molecular weight excluding hydrogens is 244 g/mol. The van der Waals surface area contributed by atoms with Crippen LogP contribution < -0.4 is 0 Å². The maximum absolute atomic E-state index is 9.56. The van der Waals surface area contributed by atoms with Crippen LogP contribution in [0.5, 0.6) is 0 Å². The first-order valence-electron chi connectivity index (χ1n) is 6.86. The smallest absolute Gasteiger partial charge is 0.0762 e. The van der Waals surface area contributed by atoms with Gasteiger partial charge in [0.25, 0.3) is 0 Å². The molecule has 1 nitrogen and oxygen atoms in total. The van der Waals surface area contributed by atoms with Crippen molar-refractivity contribution in [3.05, 3.63) is 34.3 Å². The van der Waals surface area contributed by atoms with Crippen molar-refractivity contribution in [3.8, 4) is 0 Å². The predicted octanol–water partition coefficient (Wildman–Crippen LogP) is 5.08. The summed E-state index contributed by atoms with van der Waals surface area (Å²) < 4.78 is 0. The normalized spacial score (nSPS) is 21.8. The molecule has 0 aliphatic heterocycles. The van der Waals surface area contributed by atoms with Crippen molar-refractivity contribution in [2.45, 2.75) is 58.5 Å². The lowest BCUT2D eigenvalue weighted by Crippen LogP contribution is -2.20. The standard InChI is InChI=1S/C16H23ClO/c1-11(18)13-4-5-14(15(17)10-13)12-6-8-16(2,3)9-7-12/h4-5,10-12,18H,6-9H2,1-3H3. The molecule has 1 N–H and O–H groups in total. The zero-order valence-corrected chi connectivity index (χ0v) is 12.3. The van der Waals surface area contributed by atoms with E-state index < -0.39 is 6.10 Å². The van der Waals surface area contributed by atoms with Crippen molar-refractivity contribution in [1.82, 2.24) is 0 Å². The van der Waals surface area contributed by atoms with Crippen LogP contribution in [0.3, 0.4) is 0 Å². The molecule has 1 unspecified atom stereocenters. The van der Waals surface area contributed by atoms with Gasteiger partial charge in [0.05, 0.1) is 6.10 Å². The average molecular weight is 267 g/mol. The number of hydrogen-bond acceptors (Lipinski definition) is 1. The first-order valence-corrected chi connectivity index (χ1v) is 7.24. The SMILES string of the molecule is CC(O)c1ccc(C2CCC(C)(C)CC2)c(Cl)c1. The van der Waals surface area contributed by atoms with Crippen LogP contribution in [0, 0.1) is 5.41 Å². The summed E-state index contributed by atoms with van der Waals surface area (Å²) >= 11 is 6.37. The van der Waals surface area contributed by atoms with Gasteiger partial charge in [-0.2, -0.15) is 0 Å². The minimum Gasteiger partial charge on any atom is -0.389 e. The van der Waals surface area contributed by atoms with E-state index in [0.29, 0.717) is 11.3 Å². The third kappa shape index (κ3) is 3.07. The Hall–Kier alpha value is -0.530. The minimum atomic E-state index is -0.443. The molecule has 1 aromatic rings. The van der Waals surface area contributed by atoms with Crippen molar-refractivity contribution in [2.24, 2.45) is 5.41 Å². The van der Waals surface area contributed by atoms with Gasteiger partial charge in [0.1, 0.15) is 0 Å². The zero-order chi connectivity index (χ0) is 13.3. The van der Waals surface area contributed by atoms with Gasteiger partial charge >= 0.3 is 0 Å². The highest BCUT2D eigenvalue weighted by atomic mass is 35.5. The number of aliphatic hydroxyl groups excluding tert-OH is 1. The fourth-order valence-electron chi connectivity index (χ4n) is 2.84. The molecule has 0 spiro atoms. The van der Waals surface area contributed by atoms with Crippen LogP contribution in [0.15, 0.2) is 18.2 Å². The van der Waals surface area contributed by atoms with Gasteiger partial charge in [-0.3, -0.25) is 0 Å².